The first-order valence-electron chi connectivity index (χ1n) is 10.8. The first-order chi connectivity index (χ1) is 15.1. The van der Waals surface area contributed by atoms with Crippen LogP contribution in [0, 0.1) is 11.3 Å². The molecule has 1 fully saturated rings. The molecule has 1 saturated heterocycles. The van der Waals surface area contributed by atoms with Crippen LogP contribution in [-0.4, -0.2) is 53.2 Å². The molecule has 8 nitrogen and oxygen atoms in total. The van der Waals surface area contributed by atoms with Crippen molar-refractivity contribution in [3.8, 4) is 0 Å². The first-order valence-corrected chi connectivity index (χ1v) is 12.0. The van der Waals surface area contributed by atoms with Crippen LogP contribution >= 0.6 is 0 Å². The average molecular weight is 445 g/mol. The second kappa shape index (κ2) is 11.9. The molecule has 9 heteroatoms. The van der Waals surface area contributed by atoms with Crippen molar-refractivity contribution in [1.29, 1.82) is 5.41 Å². The Kier molecular flexibility index (Phi) is 8.93. The van der Waals surface area contributed by atoms with Crippen LogP contribution in [0.1, 0.15) is 43.7 Å². The van der Waals surface area contributed by atoms with E-state index in [0.717, 1.165) is 57.6 Å². The lowest BCUT2D eigenvalue weighted by Crippen LogP contribution is -2.24. The minimum atomic E-state index is -1.25. The van der Waals surface area contributed by atoms with Gasteiger partial charge in [0.2, 0.25) is 5.95 Å². The van der Waals surface area contributed by atoms with Gasteiger partial charge in [-0.15, -0.1) is 0 Å². The van der Waals surface area contributed by atoms with Crippen molar-refractivity contribution >= 4 is 28.5 Å². The topological polar surface area (TPSA) is 112 Å². The van der Waals surface area contributed by atoms with E-state index in [1.807, 2.05) is 12.1 Å². The Hall–Kier alpha value is -2.36. The molecular formula is C22H32N6O2S. The van der Waals surface area contributed by atoms with Crippen molar-refractivity contribution < 1.29 is 8.95 Å². The molecule has 168 valence electrons. The molecule has 0 amide bonds. The molecule has 1 aromatic carbocycles. The van der Waals surface area contributed by atoms with Gasteiger partial charge in [0.15, 0.2) is 0 Å². The number of aromatic nitrogens is 2. The van der Waals surface area contributed by atoms with Gasteiger partial charge in [-0.05, 0) is 44.4 Å². The minimum Gasteiger partial charge on any atom is -0.381 e. The highest BCUT2D eigenvalue weighted by atomic mass is 32.2. The lowest BCUT2D eigenvalue weighted by Gasteiger charge is -2.23. The van der Waals surface area contributed by atoms with Crippen molar-refractivity contribution in [2.45, 2.75) is 37.5 Å². The first kappa shape index (κ1) is 23.3. The average Bonchev–Trinajstić information content (AvgIpc) is 2.83. The highest BCUT2D eigenvalue weighted by Crippen LogP contribution is 2.21. The molecule has 0 spiro atoms. The van der Waals surface area contributed by atoms with Crippen LogP contribution in [-0.2, 0) is 15.7 Å². The van der Waals surface area contributed by atoms with Gasteiger partial charge in [-0.2, -0.15) is 4.98 Å². The molecule has 1 aliphatic heterocycles. The van der Waals surface area contributed by atoms with E-state index in [0.29, 0.717) is 33.9 Å². The predicted octanol–water partition coefficient (Wildman–Crippen LogP) is 3.19. The van der Waals surface area contributed by atoms with E-state index in [9.17, 15) is 4.21 Å². The Bertz CT molecular complexity index is 884. The van der Waals surface area contributed by atoms with Gasteiger partial charge >= 0.3 is 0 Å². The summed E-state index contributed by atoms with van der Waals surface area (Å²) in [6, 6.07) is 7.16. The van der Waals surface area contributed by atoms with Crippen LogP contribution in [0.4, 0.5) is 11.8 Å². The van der Waals surface area contributed by atoms with Gasteiger partial charge in [0.25, 0.3) is 0 Å². The van der Waals surface area contributed by atoms with Gasteiger partial charge in [0, 0.05) is 38.1 Å². The summed E-state index contributed by atoms with van der Waals surface area (Å²) in [7, 11) is 0.398. The zero-order valence-corrected chi connectivity index (χ0v) is 19.1. The van der Waals surface area contributed by atoms with E-state index in [4.69, 9.17) is 10.1 Å². The highest BCUT2D eigenvalue weighted by molar-refractivity contribution is 7.83. The number of benzene rings is 1. The maximum Gasteiger partial charge on any atom is 0.224 e. The summed E-state index contributed by atoms with van der Waals surface area (Å²) in [5.74, 6) is 1.76. The Morgan fingerprint density at radius 2 is 1.97 bits per heavy atom. The molecule has 1 aliphatic rings. The van der Waals surface area contributed by atoms with Crippen LogP contribution in [0.15, 0.2) is 35.4 Å². The van der Waals surface area contributed by atoms with Crippen LogP contribution in [0.2, 0.25) is 0 Å². The zero-order valence-electron chi connectivity index (χ0n) is 18.2. The SMILES string of the molecule is CCCCNc1ncc(C(=N)c2ccc(S(=O)NC)cc2)c(NCC2CCOCC2)n1. The van der Waals surface area contributed by atoms with Crippen molar-refractivity contribution in [3.63, 3.8) is 0 Å². The quantitative estimate of drug-likeness (QED) is 0.313. The Balaban J connectivity index is 1.80. The molecule has 4 N–H and O–H groups in total. The molecule has 0 saturated carbocycles. The molecule has 3 rings (SSSR count). The summed E-state index contributed by atoms with van der Waals surface area (Å²) >= 11 is 0. The van der Waals surface area contributed by atoms with Gasteiger partial charge in [0.1, 0.15) is 16.8 Å². The number of unbranched alkanes of at least 4 members (excludes halogenated alkanes) is 1. The third-order valence-corrected chi connectivity index (χ3v) is 6.38. The van der Waals surface area contributed by atoms with E-state index in [-0.39, 0.29) is 0 Å². The summed E-state index contributed by atoms with van der Waals surface area (Å²) in [6.07, 6.45) is 5.90. The van der Waals surface area contributed by atoms with Crippen molar-refractivity contribution in [1.82, 2.24) is 14.7 Å². The van der Waals surface area contributed by atoms with Gasteiger partial charge in [-0.25, -0.2) is 13.9 Å². The van der Waals surface area contributed by atoms with E-state index < -0.39 is 11.0 Å². The molecular weight excluding hydrogens is 412 g/mol. The smallest absolute Gasteiger partial charge is 0.224 e. The van der Waals surface area contributed by atoms with Crippen molar-refractivity contribution in [2.75, 3.05) is 44.0 Å². The fourth-order valence-electron chi connectivity index (χ4n) is 3.37. The van der Waals surface area contributed by atoms with Gasteiger partial charge in [-0.1, -0.05) is 25.5 Å². The molecule has 2 aromatic rings. The van der Waals surface area contributed by atoms with Crippen LogP contribution < -0.4 is 15.4 Å². The Labute approximate surface area is 186 Å². The van der Waals surface area contributed by atoms with E-state index in [1.54, 1.807) is 25.4 Å². The number of ether oxygens (including phenoxy) is 1. The summed E-state index contributed by atoms with van der Waals surface area (Å²) in [6.45, 7) is 5.34. The number of anilines is 2. The molecule has 0 bridgehead atoms. The molecule has 1 aromatic heterocycles. The Morgan fingerprint density at radius 3 is 2.65 bits per heavy atom. The van der Waals surface area contributed by atoms with Gasteiger partial charge in [-0.3, -0.25) is 5.41 Å². The lowest BCUT2D eigenvalue weighted by atomic mass is 10.00. The third kappa shape index (κ3) is 6.56. The molecule has 0 radical (unpaired) electrons. The molecule has 1 atom stereocenters. The lowest BCUT2D eigenvalue weighted by molar-refractivity contribution is 0.0699. The molecule has 31 heavy (non-hydrogen) atoms. The summed E-state index contributed by atoms with van der Waals surface area (Å²) in [4.78, 5) is 9.77. The monoisotopic (exact) mass is 444 g/mol. The molecule has 0 aliphatic carbocycles. The fourth-order valence-corrected chi connectivity index (χ4v) is 3.99. The summed E-state index contributed by atoms with van der Waals surface area (Å²) in [5.41, 5.74) is 1.70. The highest BCUT2D eigenvalue weighted by Gasteiger charge is 2.18. The largest absolute Gasteiger partial charge is 0.381 e. The number of rotatable bonds is 11. The second-order valence-electron chi connectivity index (χ2n) is 7.55. The fraction of sp³-hybridized carbons (Fsp3) is 0.500. The Morgan fingerprint density at radius 1 is 1.23 bits per heavy atom. The van der Waals surface area contributed by atoms with Crippen LogP contribution in [0.3, 0.4) is 0 Å². The number of nitrogens with zero attached hydrogens (tertiary/aromatic N) is 2. The normalized spacial score (nSPS) is 15.4. The van der Waals surface area contributed by atoms with E-state index in [1.165, 1.54) is 0 Å². The second-order valence-corrected chi connectivity index (χ2v) is 8.96. The number of nitrogens with one attached hydrogen (secondary N) is 4. The maximum atomic E-state index is 11.9. The van der Waals surface area contributed by atoms with Gasteiger partial charge < -0.3 is 15.4 Å². The van der Waals surface area contributed by atoms with Gasteiger partial charge in [0.05, 0.1) is 16.2 Å². The number of hydrogen-bond donors (Lipinski definition) is 4. The van der Waals surface area contributed by atoms with Crippen molar-refractivity contribution in [2.24, 2.45) is 5.92 Å². The molecule has 2 heterocycles. The molecule has 1 unspecified atom stereocenters. The van der Waals surface area contributed by atoms with Crippen molar-refractivity contribution in [3.05, 3.63) is 41.6 Å². The van der Waals surface area contributed by atoms with Crippen LogP contribution in [0.5, 0.6) is 0 Å². The van der Waals surface area contributed by atoms with E-state index in [2.05, 4.69) is 32.2 Å². The summed E-state index contributed by atoms with van der Waals surface area (Å²) < 4.78 is 20.1. The maximum absolute atomic E-state index is 11.9. The predicted molar refractivity (Wildman–Crippen MR) is 125 cm³/mol. The minimum absolute atomic E-state index is 0.330. The van der Waals surface area contributed by atoms with E-state index >= 15 is 0 Å². The summed E-state index contributed by atoms with van der Waals surface area (Å²) in [5, 5.41) is 15.5. The zero-order chi connectivity index (χ0) is 22.1. The van der Waals surface area contributed by atoms with Crippen LogP contribution in [0.25, 0.3) is 0 Å². The number of hydrogen-bond acceptors (Lipinski definition) is 7. The standard InChI is InChI=1S/C22H32N6O2S/c1-3-4-11-25-22-27-15-19(21(28-22)26-14-16-9-12-30-13-10-16)20(23)17-5-7-18(8-6-17)31(29)24-2/h5-8,15-16,23-24H,3-4,9-14H2,1-2H3,(H2,25,26,27,28). The third-order valence-electron chi connectivity index (χ3n) is 5.31.